The monoisotopic (exact) mass is 541 g/mol. The van der Waals surface area contributed by atoms with Crippen LogP contribution in [0.3, 0.4) is 0 Å². The SMILES string of the molecule is COC(C(=O)O[C@@H]1Cc2cccc(F)c2C[C@H]1N1CCC(c2ccccc2)CC1)(c1ccccc1)C(F)(F)F. The van der Waals surface area contributed by atoms with Gasteiger partial charge < -0.3 is 9.47 Å². The van der Waals surface area contributed by atoms with Crippen LogP contribution < -0.4 is 0 Å². The molecule has 1 fully saturated rings. The molecule has 206 valence electrons. The second kappa shape index (κ2) is 11.1. The number of halogens is 4. The summed E-state index contributed by atoms with van der Waals surface area (Å²) in [6.45, 7) is 1.32. The van der Waals surface area contributed by atoms with E-state index in [1.807, 2.05) is 18.2 Å². The molecule has 0 aromatic heterocycles. The first-order valence-electron chi connectivity index (χ1n) is 13.2. The molecule has 2 aliphatic rings. The van der Waals surface area contributed by atoms with E-state index >= 15 is 0 Å². The number of ether oxygens (including phenoxy) is 2. The van der Waals surface area contributed by atoms with E-state index in [1.165, 1.54) is 35.9 Å². The number of hydrogen-bond acceptors (Lipinski definition) is 4. The average Bonchev–Trinajstić information content (AvgIpc) is 2.94. The van der Waals surface area contributed by atoms with Crippen LogP contribution in [0.15, 0.2) is 78.9 Å². The molecular weight excluding hydrogens is 510 g/mol. The van der Waals surface area contributed by atoms with E-state index in [0.29, 0.717) is 30.1 Å². The number of piperidine rings is 1. The number of hydrogen-bond donors (Lipinski definition) is 0. The summed E-state index contributed by atoms with van der Waals surface area (Å²) in [6, 6.07) is 21.2. The van der Waals surface area contributed by atoms with Crippen molar-refractivity contribution in [3.63, 3.8) is 0 Å². The number of carbonyl (C=O) groups excluding carboxylic acids is 1. The van der Waals surface area contributed by atoms with Gasteiger partial charge in [0.25, 0.3) is 5.60 Å². The van der Waals surface area contributed by atoms with Crippen molar-refractivity contribution >= 4 is 5.97 Å². The second-order valence-electron chi connectivity index (χ2n) is 10.3. The molecule has 3 atom stereocenters. The van der Waals surface area contributed by atoms with Crippen LogP contribution in [0.4, 0.5) is 17.6 Å². The van der Waals surface area contributed by atoms with Gasteiger partial charge in [-0.05, 0) is 61.0 Å². The number of alkyl halides is 3. The molecule has 0 bridgehead atoms. The zero-order valence-corrected chi connectivity index (χ0v) is 21.7. The molecule has 1 saturated heterocycles. The molecule has 4 nitrogen and oxygen atoms in total. The summed E-state index contributed by atoms with van der Waals surface area (Å²) in [4.78, 5) is 15.6. The van der Waals surface area contributed by atoms with Gasteiger partial charge in [0.2, 0.25) is 0 Å². The number of methoxy groups -OCH3 is 1. The molecule has 1 unspecified atom stereocenters. The summed E-state index contributed by atoms with van der Waals surface area (Å²) >= 11 is 0. The highest BCUT2D eigenvalue weighted by Gasteiger charge is 2.64. The highest BCUT2D eigenvalue weighted by molar-refractivity contribution is 5.83. The Morgan fingerprint density at radius 3 is 2.13 bits per heavy atom. The van der Waals surface area contributed by atoms with Gasteiger partial charge in [0, 0.05) is 19.1 Å². The van der Waals surface area contributed by atoms with Crippen molar-refractivity contribution in [1.29, 1.82) is 0 Å². The normalized spacial score (nSPS) is 22.1. The third kappa shape index (κ3) is 5.20. The first-order valence-corrected chi connectivity index (χ1v) is 13.2. The molecule has 0 saturated carbocycles. The molecule has 0 radical (unpaired) electrons. The van der Waals surface area contributed by atoms with Gasteiger partial charge in [-0.25, -0.2) is 9.18 Å². The summed E-state index contributed by atoms with van der Waals surface area (Å²) in [5, 5.41) is 0. The Morgan fingerprint density at radius 2 is 1.51 bits per heavy atom. The molecule has 8 heteroatoms. The predicted octanol–water partition coefficient (Wildman–Crippen LogP) is 6.19. The lowest BCUT2D eigenvalue weighted by Gasteiger charge is -2.44. The van der Waals surface area contributed by atoms with Crippen molar-refractivity contribution in [2.75, 3.05) is 20.2 Å². The fraction of sp³-hybridized carbons (Fsp3) is 0.387. The number of benzene rings is 3. The van der Waals surface area contributed by atoms with Crippen molar-refractivity contribution < 1.29 is 31.8 Å². The maximum atomic E-state index is 14.8. The Labute approximate surface area is 225 Å². The highest BCUT2D eigenvalue weighted by Crippen LogP contribution is 2.44. The van der Waals surface area contributed by atoms with Crippen molar-refractivity contribution in [3.05, 3.63) is 107 Å². The molecule has 0 N–H and O–H groups in total. The predicted molar refractivity (Wildman–Crippen MR) is 139 cm³/mol. The summed E-state index contributed by atoms with van der Waals surface area (Å²) in [5.74, 6) is -1.51. The van der Waals surface area contributed by atoms with E-state index in [1.54, 1.807) is 18.2 Å². The third-order valence-electron chi connectivity index (χ3n) is 8.18. The number of carbonyl (C=O) groups is 1. The van der Waals surface area contributed by atoms with Gasteiger partial charge in [0.05, 0.1) is 6.04 Å². The summed E-state index contributed by atoms with van der Waals surface area (Å²) in [6.07, 6.45) is -3.91. The van der Waals surface area contributed by atoms with Gasteiger partial charge in [0.1, 0.15) is 11.9 Å². The van der Waals surface area contributed by atoms with Gasteiger partial charge in [-0.2, -0.15) is 13.2 Å². The van der Waals surface area contributed by atoms with E-state index in [2.05, 4.69) is 17.0 Å². The Morgan fingerprint density at radius 1 is 0.872 bits per heavy atom. The lowest BCUT2D eigenvalue weighted by molar-refractivity contribution is -0.279. The molecule has 5 rings (SSSR count). The highest BCUT2D eigenvalue weighted by atomic mass is 19.4. The van der Waals surface area contributed by atoms with Gasteiger partial charge in [-0.1, -0.05) is 72.8 Å². The van der Waals surface area contributed by atoms with Crippen LogP contribution in [0.2, 0.25) is 0 Å². The smallest absolute Gasteiger partial charge is 0.432 e. The van der Waals surface area contributed by atoms with Crippen LogP contribution in [0.25, 0.3) is 0 Å². The van der Waals surface area contributed by atoms with E-state index < -0.39 is 29.9 Å². The quantitative estimate of drug-likeness (QED) is 0.276. The fourth-order valence-electron chi connectivity index (χ4n) is 6.10. The Kier molecular flexibility index (Phi) is 7.78. The zero-order valence-electron chi connectivity index (χ0n) is 21.7. The van der Waals surface area contributed by atoms with Crippen molar-refractivity contribution in [3.8, 4) is 0 Å². The molecule has 1 aliphatic heterocycles. The first kappa shape index (κ1) is 27.3. The van der Waals surface area contributed by atoms with Gasteiger partial charge >= 0.3 is 12.1 Å². The van der Waals surface area contributed by atoms with Gasteiger partial charge in [-0.3, -0.25) is 4.90 Å². The minimum absolute atomic E-state index is 0.120. The van der Waals surface area contributed by atoms with Crippen LogP contribution in [0.5, 0.6) is 0 Å². The molecule has 3 aromatic rings. The Hall–Kier alpha value is -3.23. The minimum Gasteiger partial charge on any atom is -0.458 e. The molecular formula is C31H31F4NO3. The standard InChI is InChI=1S/C31H31F4NO3/c1-38-30(31(33,34)35,24-12-6-3-7-13-24)29(37)39-28-19-23-11-8-14-26(32)25(23)20-27(28)36-17-15-22(16-18-36)21-9-4-2-5-10-21/h2-14,22,27-28H,15-20H2,1H3/t27-,28-,30?/m1/s1. The van der Waals surface area contributed by atoms with Crippen LogP contribution in [-0.2, 0) is 32.7 Å². The van der Waals surface area contributed by atoms with Gasteiger partial charge in [0.15, 0.2) is 0 Å². The molecule has 39 heavy (non-hydrogen) atoms. The maximum Gasteiger partial charge on any atom is 0.432 e. The van der Waals surface area contributed by atoms with Crippen molar-refractivity contribution in [2.45, 2.75) is 55.5 Å². The van der Waals surface area contributed by atoms with Crippen LogP contribution in [-0.4, -0.2) is 49.4 Å². The molecule has 0 amide bonds. The number of likely N-dealkylation sites (tertiary alicyclic amines) is 1. The summed E-state index contributed by atoms with van der Waals surface area (Å²) in [7, 11) is 0.860. The van der Waals surface area contributed by atoms with Crippen LogP contribution in [0.1, 0.15) is 41.0 Å². The Bertz CT molecular complexity index is 1280. The van der Waals surface area contributed by atoms with Crippen molar-refractivity contribution in [1.82, 2.24) is 4.90 Å². The molecule has 3 aromatic carbocycles. The molecule has 1 aliphatic carbocycles. The summed E-state index contributed by atoms with van der Waals surface area (Å²) in [5.41, 5.74) is -1.22. The summed E-state index contributed by atoms with van der Waals surface area (Å²) < 4.78 is 69.1. The van der Waals surface area contributed by atoms with E-state index in [0.717, 1.165) is 20.0 Å². The Balaban J connectivity index is 1.44. The minimum atomic E-state index is -5.07. The molecule has 0 spiro atoms. The van der Waals surface area contributed by atoms with Crippen molar-refractivity contribution in [2.24, 2.45) is 0 Å². The van der Waals surface area contributed by atoms with Crippen LogP contribution >= 0.6 is 0 Å². The maximum absolute atomic E-state index is 14.8. The molecule has 1 heterocycles. The van der Waals surface area contributed by atoms with E-state index in [4.69, 9.17) is 9.47 Å². The van der Waals surface area contributed by atoms with E-state index in [9.17, 15) is 22.4 Å². The number of nitrogens with zero attached hydrogens (tertiary/aromatic N) is 1. The second-order valence-corrected chi connectivity index (χ2v) is 10.3. The largest absolute Gasteiger partial charge is 0.458 e. The van der Waals surface area contributed by atoms with E-state index in [-0.39, 0.29) is 24.2 Å². The first-order chi connectivity index (χ1) is 18.7. The fourth-order valence-corrected chi connectivity index (χ4v) is 6.10. The average molecular weight is 542 g/mol. The lowest BCUT2D eigenvalue weighted by atomic mass is 9.82. The van der Waals surface area contributed by atoms with Gasteiger partial charge in [-0.15, -0.1) is 0 Å². The number of rotatable bonds is 6. The number of fused-ring (bicyclic) bond motifs is 1. The zero-order chi connectivity index (χ0) is 27.6. The third-order valence-corrected chi connectivity index (χ3v) is 8.18. The lowest BCUT2D eigenvalue weighted by Crippen LogP contribution is -2.57. The topological polar surface area (TPSA) is 38.8 Å². The van der Waals surface area contributed by atoms with Crippen LogP contribution in [0, 0.1) is 5.82 Å². The number of esters is 1.